The molecule has 112 valence electrons. The zero-order chi connectivity index (χ0) is 15.7. The number of benzene rings is 1. The van der Waals surface area contributed by atoms with Crippen LogP contribution in [0.3, 0.4) is 0 Å². The van der Waals surface area contributed by atoms with Crippen LogP contribution >= 0.6 is 23.2 Å². The Balaban J connectivity index is 2.21. The largest absolute Gasteiger partial charge is 0.337 e. The van der Waals surface area contributed by atoms with Gasteiger partial charge in [0, 0.05) is 26.3 Å². The molecular formula is C15H17Cl2N3O. The summed E-state index contributed by atoms with van der Waals surface area (Å²) in [5, 5.41) is 5.27. The van der Waals surface area contributed by atoms with Crippen molar-refractivity contribution in [2.75, 3.05) is 7.05 Å². The molecule has 2 rings (SSSR count). The van der Waals surface area contributed by atoms with Crippen LogP contribution in [0.4, 0.5) is 0 Å². The smallest absolute Gasteiger partial charge is 0.257 e. The van der Waals surface area contributed by atoms with E-state index in [9.17, 15) is 4.79 Å². The highest BCUT2D eigenvalue weighted by Gasteiger charge is 2.20. The predicted molar refractivity (Wildman–Crippen MR) is 84.9 cm³/mol. The van der Waals surface area contributed by atoms with E-state index in [0.717, 1.165) is 17.0 Å². The molecule has 0 N–H and O–H groups in total. The van der Waals surface area contributed by atoms with Crippen molar-refractivity contribution in [2.45, 2.75) is 20.4 Å². The van der Waals surface area contributed by atoms with Crippen molar-refractivity contribution in [1.29, 1.82) is 0 Å². The number of nitrogens with zero attached hydrogens (tertiary/aromatic N) is 3. The van der Waals surface area contributed by atoms with E-state index < -0.39 is 0 Å². The van der Waals surface area contributed by atoms with Crippen LogP contribution < -0.4 is 0 Å². The van der Waals surface area contributed by atoms with Crippen molar-refractivity contribution in [2.24, 2.45) is 7.05 Å². The Kier molecular flexibility index (Phi) is 4.59. The number of rotatable bonds is 3. The van der Waals surface area contributed by atoms with Crippen LogP contribution in [-0.2, 0) is 13.6 Å². The Morgan fingerprint density at radius 3 is 2.48 bits per heavy atom. The number of carbonyl (C=O) groups is 1. The van der Waals surface area contributed by atoms with Crippen molar-refractivity contribution in [3.63, 3.8) is 0 Å². The van der Waals surface area contributed by atoms with E-state index in [1.54, 1.807) is 28.8 Å². The third-order valence-corrected chi connectivity index (χ3v) is 4.21. The molecule has 0 aliphatic heterocycles. The fourth-order valence-corrected chi connectivity index (χ4v) is 2.58. The molecule has 1 aromatic carbocycles. The number of hydrogen-bond acceptors (Lipinski definition) is 2. The molecule has 1 heterocycles. The van der Waals surface area contributed by atoms with Gasteiger partial charge in [0.05, 0.1) is 21.3 Å². The highest BCUT2D eigenvalue weighted by molar-refractivity contribution is 6.42. The van der Waals surface area contributed by atoms with Gasteiger partial charge in [-0.3, -0.25) is 9.48 Å². The molecule has 0 radical (unpaired) electrons. The Morgan fingerprint density at radius 2 is 1.95 bits per heavy atom. The maximum atomic E-state index is 12.6. The zero-order valence-corrected chi connectivity index (χ0v) is 14.0. The van der Waals surface area contributed by atoms with E-state index in [-0.39, 0.29) is 5.91 Å². The van der Waals surface area contributed by atoms with E-state index in [0.29, 0.717) is 22.2 Å². The summed E-state index contributed by atoms with van der Waals surface area (Å²) in [4.78, 5) is 14.2. The first-order valence-electron chi connectivity index (χ1n) is 6.51. The van der Waals surface area contributed by atoms with Gasteiger partial charge < -0.3 is 4.90 Å². The molecule has 0 atom stereocenters. The average Bonchev–Trinajstić information content (AvgIpc) is 2.67. The van der Waals surface area contributed by atoms with Crippen molar-refractivity contribution in [1.82, 2.24) is 14.7 Å². The summed E-state index contributed by atoms with van der Waals surface area (Å²) >= 11 is 11.9. The van der Waals surface area contributed by atoms with Crippen LogP contribution in [0.2, 0.25) is 10.0 Å². The van der Waals surface area contributed by atoms with E-state index in [1.807, 2.05) is 27.0 Å². The number of aromatic nitrogens is 2. The highest BCUT2D eigenvalue weighted by Crippen LogP contribution is 2.23. The molecular weight excluding hydrogens is 309 g/mol. The average molecular weight is 326 g/mol. The molecule has 0 bridgehead atoms. The van der Waals surface area contributed by atoms with Crippen molar-refractivity contribution in [3.8, 4) is 0 Å². The van der Waals surface area contributed by atoms with Crippen LogP contribution in [0, 0.1) is 13.8 Å². The van der Waals surface area contributed by atoms with Gasteiger partial charge in [-0.2, -0.15) is 5.10 Å². The van der Waals surface area contributed by atoms with E-state index >= 15 is 0 Å². The summed E-state index contributed by atoms with van der Waals surface area (Å²) in [7, 11) is 3.59. The van der Waals surface area contributed by atoms with Gasteiger partial charge in [-0.05, 0) is 31.5 Å². The lowest BCUT2D eigenvalue weighted by molar-refractivity contribution is 0.0783. The Morgan fingerprint density at radius 1 is 1.29 bits per heavy atom. The Hall–Kier alpha value is -1.52. The molecule has 6 heteroatoms. The molecule has 4 nitrogen and oxygen atoms in total. The number of halogens is 2. The molecule has 1 amide bonds. The van der Waals surface area contributed by atoms with Crippen LogP contribution in [0.15, 0.2) is 18.2 Å². The minimum absolute atomic E-state index is 0.0517. The third-order valence-electron chi connectivity index (χ3n) is 3.47. The van der Waals surface area contributed by atoms with Crippen molar-refractivity contribution in [3.05, 3.63) is 50.8 Å². The van der Waals surface area contributed by atoms with E-state index in [4.69, 9.17) is 23.2 Å². The zero-order valence-electron chi connectivity index (χ0n) is 12.4. The second-order valence-corrected chi connectivity index (χ2v) is 5.89. The van der Waals surface area contributed by atoms with E-state index in [1.165, 1.54) is 0 Å². The fraction of sp³-hybridized carbons (Fsp3) is 0.333. The van der Waals surface area contributed by atoms with Gasteiger partial charge in [-0.1, -0.05) is 29.3 Å². The lowest BCUT2D eigenvalue weighted by atomic mass is 10.1. The Bertz CT molecular complexity index is 694. The summed E-state index contributed by atoms with van der Waals surface area (Å²) in [5.74, 6) is -0.0517. The summed E-state index contributed by atoms with van der Waals surface area (Å²) in [6, 6.07) is 5.37. The van der Waals surface area contributed by atoms with Gasteiger partial charge in [0.15, 0.2) is 0 Å². The van der Waals surface area contributed by atoms with Crippen LogP contribution in [0.1, 0.15) is 27.3 Å². The normalized spacial score (nSPS) is 10.8. The summed E-state index contributed by atoms with van der Waals surface area (Å²) in [6.45, 7) is 4.19. The molecule has 0 aliphatic carbocycles. The number of amides is 1. The maximum Gasteiger partial charge on any atom is 0.257 e. The molecule has 0 spiro atoms. The van der Waals surface area contributed by atoms with Crippen LogP contribution in [-0.4, -0.2) is 27.6 Å². The first kappa shape index (κ1) is 15.9. The highest BCUT2D eigenvalue weighted by atomic mass is 35.5. The second-order valence-electron chi connectivity index (χ2n) is 5.08. The Labute approximate surface area is 134 Å². The van der Waals surface area contributed by atoms with Gasteiger partial charge >= 0.3 is 0 Å². The predicted octanol–water partition coefficient (Wildman–Crippen LogP) is 3.62. The number of hydrogen-bond donors (Lipinski definition) is 0. The van der Waals surface area contributed by atoms with Gasteiger partial charge in [-0.15, -0.1) is 0 Å². The molecule has 0 aliphatic rings. The second kappa shape index (κ2) is 6.08. The quantitative estimate of drug-likeness (QED) is 0.864. The molecule has 0 fully saturated rings. The number of aryl methyl sites for hydroxylation is 2. The SMILES string of the molecule is Cc1nn(C)c(C)c1C(=O)N(C)Cc1ccc(Cl)c(Cl)c1. The minimum atomic E-state index is -0.0517. The van der Waals surface area contributed by atoms with Crippen molar-refractivity contribution >= 4 is 29.1 Å². The fourth-order valence-electron chi connectivity index (χ4n) is 2.26. The molecule has 21 heavy (non-hydrogen) atoms. The van der Waals surface area contributed by atoms with Crippen molar-refractivity contribution < 1.29 is 4.79 Å². The molecule has 0 saturated heterocycles. The van der Waals surface area contributed by atoms with Crippen LogP contribution in [0.25, 0.3) is 0 Å². The van der Waals surface area contributed by atoms with Gasteiger partial charge in [0.25, 0.3) is 5.91 Å². The van der Waals surface area contributed by atoms with Gasteiger partial charge in [0.2, 0.25) is 0 Å². The first-order chi connectivity index (χ1) is 9.81. The maximum absolute atomic E-state index is 12.6. The van der Waals surface area contributed by atoms with E-state index in [2.05, 4.69) is 5.10 Å². The molecule has 0 unspecified atom stereocenters. The van der Waals surface area contributed by atoms with Gasteiger partial charge in [0.1, 0.15) is 0 Å². The number of carbonyl (C=O) groups excluding carboxylic acids is 1. The van der Waals surface area contributed by atoms with Crippen LogP contribution in [0.5, 0.6) is 0 Å². The topological polar surface area (TPSA) is 38.1 Å². The summed E-state index contributed by atoms with van der Waals surface area (Å²) < 4.78 is 1.72. The molecule has 2 aromatic rings. The summed E-state index contributed by atoms with van der Waals surface area (Å²) in [5.41, 5.74) is 3.18. The third kappa shape index (κ3) is 3.22. The molecule has 0 saturated carbocycles. The first-order valence-corrected chi connectivity index (χ1v) is 7.26. The molecule has 1 aromatic heterocycles. The lowest BCUT2D eigenvalue weighted by Crippen LogP contribution is -2.27. The van der Waals surface area contributed by atoms with Gasteiger partial charge in [-0.25, -0.2) is 0 Å². The standard InChI is InChI=1S/C15H17Cl2N3O/c1-9-14(10(2)20(4)18-9)15(21)19(3)8-11-5-6-12(16)13(17)7-11/h5-7H,8H2,1-4H3. The summed E-state index contributed by atoms with van der Waals surface area (Å²) in [6.07, 6.45) is 0. The lowest BCUT2D eigenvalue weighted by Gasteiger charge is -2.18. The monoisotopic (exact) mass is 325 g/mol. The minimum Gasteiger partial charge on any atom is -0.337 e.